The third-order valence-corrected chi connectivity index (χ3v) is 6.51. The molecule has 2 aliphatic rings. The molecule has 0 unspecified atom stereocenters. The minimum atomic E-state index is -3.57. The Morgan fingerprint density at radius 1 is 1.23 bits per heavy atom. The SMILES string of the molecule is CCN1C(=O)C[C@H]2[C@H]1CCN2S(=O)(=O)c1ccc(OC)cc1. The number of likely N-dealkylation sites (N-methyl/N-ethyl adjacent to an activating group) is 1. The molecule has 0 aliphatic carbocycles. The summed E-state index contributed by atoms with van der Waals surface area (Å²) in [4.78, 5) is 14.0. The molecule has 7 heteroatoms. The van der Waals surface area contributed by atoms with Gasteiger partial charge >= 0.3 is 0 Å². The normalized spacial score (nSPS) is 25.5. The van der Waals surface area contributed by atoms with Gasteiger partial charge < -0.3 is 9.64 Å². The van der Waals surface area contributed by atoms with E-state index in [1.807, 2.05) is 6.92 Å². The molecule has 2 fully saturated rings. The minimum Gasteiger partial charge on any atom is -0.497 e. The molecule has 3 rings (SSSR count). The Kier molecular flexibility index (Phi) is 3.86. The Morgan fingerprint density at radius 3 is 2.50 bits per heavy atom. The van der Waals surface area contributed by atoms with Gasteiger partial charge in [0.15, 0.2) is 0 Å². The van der Waals surface area contributed by atoms with Crippen molar-refractivity contribution in [2.75, 3.05) is 20.2 Å². The fraction of sp³-hybridized carbons (Fsp3) is 0.533. The van der Waals surface area contributed by atoms with Crippen LogP contribution in [0.25, 0.3) is 0 Å². The number of fused-ring (bicyclic) bond motifs is 1. The molecule has 0 bridgehead atoms. The molecule has 22 heavy (non-hydrogen) atoms. The van der Waals surface area contributed by atoms with Gasteiger partial charge in [-0.3, -0.25) is 4.79 Å². The van der Waals surface area contributed by atoms with E-state index in [1.54, 1.807) is 29.2 Å². The first-order chi connectivity index (χ1) is 10.5. The van der Waals surface area contributed by atoms with E-state index in [-0.39, 0.29) is 29.3 Å². The van der Waals surface area contributed by atoms with E-state index in [2.05, 4.69) is 0 Å². The highest BCUT2D eigenvalue weighted by Gasteiger charge is 2.50. The predicted octanol–water partition coefficient (Wildman–Crippen LogP) is 1.08. The van der Waals surface area contributed by atoms with Crippen molar-refractivity contribution in [2.24, 2.45) is 0 Å². The fourth-order valence-corrected chi connectivity index (χ4v) is 5.15. The lowest BCUT2D eigenvalue weighted by atomic mass is 10.1. The van der Waals surface area contributed by atoms with Crippen molar-refractivity contribution in [3.63, 3.8) is 0 Å². The number of rotatable bonds is 4. The monoisotopic (exact) mass is 324 g/mol. The van der Waals surface area contributed by atoms with Gasteiger partial charge in [-0.15, -0.1) is 0 Å². The number of hydrogen-bond acceptors (Lipinski definition) is 4. The smallest absolute Gasteiger partial charge is 0.243 e. The highest BCUT2D eigenvalue weighted by molar-refractivity contribution is 7.89. The highest BCUT2D eigenvalue weighted by atomic mass is 32.2. The molecule has 1 aromatic rings. The van der Waals surface area contributed by atoms with Crippen molar-refractivity contribution >= 4 is 15.9 Å². The molecule has 6 nitrogen and oxygen atoms in total. The molecule has 2 saturated heterocycles. The summed E-state index contributed by atoms with van der Waals surface area (Å²) in [6.45, 7) is 3.03. The Bertz CT molecular complexity index is 671. The van der Waals surface area contributed by atoms with E-state index in [1.165, 1.54) is 11.4 Å². The van der Waals surface area contributed by atoms with Crippen LogP contribution in [0.1, 0.15) is 19.8 Å². The van der Waals surface area contributed by atoms with Gasteiger partial charge in [0.05, 0.1) is 24.1 Å². The van der Waals surface area contributed by atoms with Gasteiger partial charge in [-0.25, -0.2) is 8.42 Å². The average molecular weight is 324 g/mol. The number of sulfonamides is 1. The third kappa shape index (κ3) is 2.28. The molecule has 0 spiro atoms. The van der Waals surface area contributed by atoms with Crippen LogP contribution in [0.3, 0.4) is 0 Å². The van der Waals surface area contributed by atoms with Gasteiger partial charge in [-0.1, -0.05) is 0 Å². The van der Waals surface area contributed by atoms with Gasteiger partial charge in [0.1, 0.15) is 5.75 Å². The standard InChI is InChI=1S/C15H20N2O4S/c1-3-16-13-8-9-17(14(13)10-15(16)18)22(19,20)12-6-4-11(21-2)5-7-12/h4-7,13-14H,3,8-10H2,1-2H3/t13-,14+/m1/s1. The number of carbonyl (C=O) groups is 1. The summed E-state index contributed by atoms with van der Waals surface area (Å²) in [5.74, 6) is 0.665. The zero-order valence-corrected chi connectivity index (χ0v) is 13.5. The molecule has 1 aromatic carbocycles. The summed E-state index contributed by atoms with van der Waals surface area (Å²) in [6.07, 6.45) is 0.994. The average Bonchev–Trinajstić information content (AvgIpc) is 3.05. The fourth-order valence-electron chi connectivity index (χ4n) is 3.48. The molecule has 0 aromatic heterocycles. The third-order valence-electron chi connectivity index (χ3n) is 4.57. The molecular weight excluding hydrogens is 304 g/mol. The van der Waals surface area contributed by atoms with Gasteiger partial charge in [0.25, 0.3) is 0 Å². The van der Waals surface area contributed by atoms with E-state index < -0.39 is 10.0 Å². The Labute approximate surface area is 130 Å². The second kappa shape index (κ2) is 5.55. The van der Waals surface area contributed by atoms with Crippen molar-refractivity contribution in [1.82, 2.24) is 9.21 Å². The maximum Gasteiger partial charge on any atom is 0.243 e. The molecule has 2 atom stereocenters. The van der Waals surface area contributed by atoms with Crippen molar-refractivity contribution in [1.29, 1.82) is 0 Å². The van der Waals surface area contributed by atoms with Crippen molar-refractivity contribution in [3.8, 4) is 5.75 Å². The van der Waals surface area contributed by atoms with Crippen LogP contribution in [0.15, 0.2) is 29.2 Å². The van der Waals surface area contributed by atoms with Crippen molar-refractivity contribution in [2.45, 2.75) is 36.7 Å². The van der Waals surface area contributed by atoms with Crippen LogP contribution in [0.5, 0.6) is 5.75 Å². The number of amides is 1. The Balaban J connectivity index is 1.88. The molecule has 120 valence electrons. The molecule has 2 aliphatic heterocycles. The number of benzene rings is 1. The first kappa shape index (κ1) is 15.3. The van der Waals surface area contributed by atoms with Gasteiger partial charge in [0, 0.05) is 19.5 Å². The number of carbonyl (C=O) groups excluding carboxylic acids is 1. The summed E-state index contributed by atoms with van der Waals surface area (Å²) in [5, 5.41) is 0. The maximum absolute atomic E-state index is 12.8. The zero-order chi connectivity index (χ0) is 15.9. The summed E-state index contributed by atoms with van der Waals surface area (Å²) in [6, 6.07) is 6.16. The lowest BCUT2D eigenvalue weighted by Gasteiger charge is -2.24. The Morgan fingerprint density at radius 2 is 1.91 bits per heavy atom. The minimum absolute atomic E-state index is 0.0190. The van der Waals surface area contributed by atoms with Crippen LogP contribution in [0.2, 0.25) is 0 Å². The highest BCUT2D eigenvalue weighted by Crippen LogP contribution is 2.36. The molecule has 2 heterocycles. The number of nitrogens with zero attached hydrogens (tertiary/aromatic N) is 2. The van der Waals surface area contributed by atoms with Crippen LogP contribution in [0.4, 0.5) is 0 Å². The van der Waals surface area contributed by atoms with Gasteiger partial charge in [-0.2, -0.15) is 4.31 Å². The number of ether oxygens (including phenoxy) is 1. The van der Waals surface area contributed by atoms with Crippen LogP contribution in [0, 0.1) is 0 Å². The summed E-state index contributed by atoms with van der Waals surface area (Å²) >= 11 is 0. The second-order valence-electron chi connectivity index (χ2n) is 5.60. The largest absolute Gasteiger partial charge is 0.497 e. The molecule has 0 N–H and O–H groups in total. The van der Waals surface area contributed by atoms with E-state index in [4.69, 9.17) is 4.74 Å². The maximum atomic E-state index is 12.8. The van der Waals surface area contributed by atoms with E-state index in [0.717, 1.165) is 0 Å². The molecular formula is C15H20N2O4S. The van der Waals surface area contributed by atoms with Crippen LogP contribution >= 0.6 is 0 Å². The van der Waals surface area contributed by atoms with Gasteiger partial charge in [-0.05, 0) is 37.6 Å². The van der Waals surface area contributed by atoms with E-state index >= 15 is 0 Å². The van der Waals surface area contributed by atoms with E-state index in [9.17, 15) is 13.2 Å². The van der Waals surface area contributed by atoms with Crippen molar-refractivity contribution < 1.29 is 17.9 Å². The van der Waals surface area contributed by atoms with Crippen LogP contribution in [-0.2, 0) is 14.8 Å². The number of hydrogen-bond donors (Lipinski definition) is 0. The van der Waals surface area contributed by atoms with E-state index in [0.29, 0.717) is 25.3 Å². The summed E-state index contributed by atoms with van der Waals surface area (Å²) in [5.41, 5.74) is 0. The lowest BCUT2D eigenvalue weighted by molar-refractivity contribution is -0.128. The number of likely N-dealkylation sites (tertiary alicyclic amines) is 1. The summed E-state index contributed by atoms with van der Waals surface area (Å²) in [7, 11) is -2.03. The molecule has 0 saturated carbocycles. The quantitative estimate of drug-likeness (QED) is 0.831. The predicted molar refractivity (Wildman–Crippen MR) is 81.1 cm³/mol. The zero-order valence-electron chi connectivity index (χ0n) is 12.7. The van der Waals surface area contributed by atoms with Crippen LogP contribution in [-0.4, -0.2) is 55.8 Å². The molecule has 0 radical (unpaired) electrons. The summed E-state index contributed by atoms with van der Waals surface area (Å²) < 4.78 is 32.2. The van der Waals surface area contributed by atoms with Crippen molar-refractivity contribution in [3.05, 3.63) is 24.3 Å². The topological polar surface area (TPSA) is 66.9 Å². The van der Waals surface area contributed by atoms with Gasteiger partial charge in [0.2, 0.25) is 15.9 Å². The van der Waals surface area contributed by atoms with Crippen LogP contribution < -0.4 is 4.74 Å². The molecule has 1 amide bonds. The number of methoxy groups -OCH3 is 1. The first-order valence-corrected chi connectivity index (χ1v) is 8.88. The lowest BCUT2D eigenvalue weighted by Crippen LogP contribution is -2.39. The Hall–Kier alpha value is -1.60. The second-order valence-corrected chi connectivity index (χ2v) is 7.49. The first-order valence-electron chi connectivity index (χ1n) is 7.44.